The van der Waals surface area contributed by atoms with Crippen LogP contribution in [0.3, 0.4) is 0 Å². The van der Waals surface area contributed by atoms with E-state index in [1.165, 1.54) is 80.8 Å². The molecule has 0 saturated heterocycles. The molecule has 0 atom stereocenters. The number of hydrogen-bond donors (Lipinski definition) is 0. The molecule has 0 bridgehead atoms. The van der Waals surface area contributed by atoms with Gasteiger partial charge in [-0.3, -0.25) is 0 Å². The van der Waals surface area contributed by atoms with Gasteiger partial charge in [-0.25, -0.2) is 22.0 Å². The van der Waals surface area contributed by atoms with E-state index in [2.05, 4.69) is 97.9 Å². The van der Waals surface area contributed by atoms with Gasteiger partial charge in [0.25, 0.3) is 0 Å². The van der Waals surface area contributed by atoms with Gasteiger partial charge >= 0.3 is 41.0 Å². The Morgan fingerprint density at radius 2 is 1.00 bits per heavy atom. The van der Waals surface area contributed by atoms with E-state index < -0.39 is 34.6 Å². The van der Waals surface area contributed by atoms with Crippen molar-refractivity contribution in [1.29, 1.82) is 0 Å². The second kappa shape index (κ2) is 15.2. The van der Waals surface area contributed by atoms with E-state index in [1.54, 1.807) is 3.26 Å². The molecule has 0 aliphatic heterocycles. The molecule has 0 fully saturated rings. The molecule has 0 aliphatic rings. The number of rotatable bonds is 1. The van der Waals surface area contributed by atoms with Crippen molar-refractivity contribution in [3.05, 3.63) is 107 Å². The Kier molecular flexibility index (Phi) is 13.8. The normalized spacial score (nSPS) is 11.1. The molecular formula is C35H35Cl2F5Hf-2. The molecule has 230 valence electrons. The molecule has 0 aromatic heterocycles. The Bertz CT molecular complexity index is 1590. The van der Waals surface area contributed by atoms with E-state index >= 15 is 0 Å². The molecule has 5 aromatic rings. The van der Waals surface area contributed by atoms with Crippen LogP contribution >= 0.6 is 0 Å². The van der Waals surface area contributed by atoms with Gasteiger partial charge in [-0.05, 0) is 16.4 Å². The molecule has 5 aromatic carbocycles. The van der Waals surface area contributed by atoms with Crippen LogP contribution in [0.2, 0.25) is 0 Å². The average molecular weight is 800 g/mol. The number of fused-ring (bicyclic) bond motifs is 3. The zero-order valence-electron chi connectivity index (χ0n) is 25.5. The summed E-state index contributed by atoms with van der Waals surface area (Å²) >= 11 is 1.27. The molecule has 0 aliphatic carbocycles. The van der Waals surface area contributed by atoms with Crippen molar-refractivity contribution in [2.24, 2.45) is 0 Å². The fourth-order valence-corrected chi connectivity index (χ4v) is 4.35. The van der Waals surface area contributed by atoms with Crippen molar-refractivity contribution in [1.82, 2.24) is 0 Å². The topological polar surface area (TPSA) is 0 Å². The van der Waals surface area contributed by atoms with E-state index in [0.29, 0.717) is 0 Å². The first-order valence-electron chi connectivity index (χ1n) is 13.3. The van der Waals surface area contributed by atoms with E-state index in [4.69, 9.17) is 0 Å². The van der Waals surface area contributed by atoms with Crippen LogP contribution in [0.4, 0.5) is 22.0 Å². The van der Waals surface area contributed by atoms with E-state index in [1.807, 2.05) is 0 Å². The number of hydrogen-bond acceptors (Lipinski definition) is 0. The zero-order chi connectivity index (χ0) is 30.9. The summed E-state index contributed by atoms with van der Waals surface area (Å²) in [5, 5.41) is 5.48. The van der Waals surface area contributed by atoms with Crippen LogP contribution in [-0.2, 0) is 34.7 Å². The molecule has 43 heavy (non-hydrogen) atoms. The summed E-state index contributed by atoms with van der Waals surface area (Å²) in [4.78, 5) is 0. The zero-order valence-corrected chi connectivity index (χ0v) is 30.6. The Hall–Kier alpha value is -2.15. The first-order valence-corrected chi connectivity index (χ1v) is 15.1. The average Bonchev–Trinajstić information content (AvgIpc) is 3.52. The summed E-state index contributed by atoms with van der Waals surface area (Å²) in [7, 11) is 0. The van der Waals surface area contributed by atoms with Crippen LogP contribution in [0.15, 0.2) is 66.7 Å². The molecule has 8 heteroatoms. The van der Waals surface area contributed by atoms with E-state index in [-0.39, 0.29) is 41.2 Å². The Balaban J connectivity index is 0.000000377. The Morgan fingerprint density at radius 3 is 1.33 bits per heavy atom. The summed E-state index contributed by atoms with van der Waals surface area (Å²) in [5.41, 5.74) is 2.26. The van der Waals surface area contributed by atoms with Crippen molar-refractivity contribution >= 4 is 24.8 Å². The fraction of sp³-hybridized carbons (Fsp3) is 0.286. The van der Waals surface area contributed by atoms with Gasteiger partial charge in [0.1, 0.15) is 11.6 Å². The molecule has 0 radical (unpaired) electrons. The van der Waals surface area contributed by atoms with Gasteiger partial charge in [0.15, 0.2) is 17.5 Å². The van der Waals surface area contributed by atoms with Crippen molar-refractivity contribution in [3.63, 3.8) is 0 Å². The van der Waals surface area contributed by atoms with Crippen LogP contribution in [0, 0.1) is 29.1 Å². The molecular weight excluding hydrogens is 765 g/mol. The standard InChI is InChI=1S/C21H25.C11H4F5.C3H6.2ClH.Hf/c1-20(2,3)16-7-9-18-14(12-16)11-15-13-17(21(4,5)6)8-10-19(15)18;12-7-6(5-3-1-2-4-5)8(13)10(15)11(16)9(7)14;1-3-2;;;/h7-13H,1-6H3;1-4H;1-2H3;2*1H;/q2*-1;;;;+2/p-2. The maximum Gasteiger partial charge on any atom is 0.198 e. The largest absolute Gasteiger partial charge is 1.00 e. The summed E-state index contributed by atoms with van der Waals surface area (Å²) in [5.74, 6) is -9.65. The van der Waals surface area contributed by atoms with Crippen molar-refractivity contribution in [2.75, 3.05) is 0 Å². The van der Waals surface area contributed by atoms with Gasteiger partial charge in [-0.15, -0.1) is 51.4 Å². The maximum absolute atomic E-state index is 13.2. The summed E-state index contributed by atoms with van der Waals surface area (Å²) < 4.78 is 66.4. The number of benzene rings is 3. The number of halogens is 7. The third kappa shape index (κ3) is 9.18. The molecule has 5 rings (SSSR count). The van der Waals surface area contributed by atoms with Gasteiger partial charge in [-0.1, -0.05) is 76.9 Å². The minimum Gasteiger partial charge on any atom is -1.00 e. The Labute approximate surface area is 278 Å². The summed E-state index contributed by atoms with van der Waals surface area (Å²) in [6, 6.07) is 21.6. The predicted octanol–water partition coefficient (Wildman–Crippen LogP) is 4.83. The molecule has 0 heterocycles. The van der Waals surface area contributed by atoms with Crippen LogP contribution in [0.25, 0.3) is 32.7 Å². The summed E-state index contributed by atoms with van der Waals surface area (Å²) in [6.07, 6.45) is 0. The molecule has 0 amide bonds. The smallest absolute Gasteiger partial charge is 0.198 e. The minimum absolute atomic E-state index is 0. The molecule has 0 spiro atoms. The van der Waals surface area contributed by atoms with E-state index in [0.717, 1.165) is 0 Å². The molecule has 0 nitrogen and oxygen atoms in total. The first-order chi connectivity index (χ1) is 18.9. The van der Waals surface area contributed by atoms with Gasteiger partial charge in [0.2, 0.25) is 0 Å². The molecule has 0 unspecified atom stereocenters. The maximum atomic E-state index is 13.2. The molecule has 0 saturated carbocycles. The second-order valence-electron chi connectivity index (χ2n) is 12.4. The van der Waals surface area contributed by atoms with Crippen molar-refractivity contribution < 1.29 is 70.7 Å². The van der Waals surface area contributed by atoms with Crippen LogP contribution in [-0.4, -0.2) is 3.26 Å². The van der Waals surface area contributed by atoms with Crippen molar-refractivity contribution in [2.45, 2.75) is 66.2 Å². The van der Waals surface area contributed by atoms with E-state index in [9.17, 15) is 22.0 Å². The van der Waals surface area contributed by atoms with Crippen LogP contribution < -0.4 is 24.8 Å². The van der Waals surface area contributed by atoms with Gasteiger partial charge in [0.05, 0.1) is 0 Å². The SMILES string of the molecule is CC(C)(C)c1ccc2c(c1)[cH-]c1cc(C(C)(C)C)ccc12.C[C](C)=[Hf+2].Fc1c(F)c(F)c(-c2ccc[cH-]2)c(F)c1F.[Cl-].[Cl-]. The Morgan fingerprint density at radius 1 is 0.628 bits per heavy atom. The molecule has 0 N–H and O–H groups in total. The monoisotopic (exact) mass is 800 g/mol. The second-order valence-corrected chi connectivity index (χ2v) is 16.0. The van der Waals surface area contributed by atoms with Crippen LogP contribution in [0.5, 0.6) is 0 Å². The van der Waals surface area contributed by atoms with Crippen LogP contribution in [0.1, 0.15) is 66.5 Å². The predicted molar refractivity (Wildman–Crippen MR) is 158 cm³/mol. The van der Waals surface area contributed by atoms with Gasteiger partial charge < -0.3 is 24.8 Å². The van der Waals surface area contributed by atoms with Gasteiger partial charge in [-0.2, -0.15) is 18.2 Å². The first kappa shape index (κ1) is 38.9. The quantitative estimate of drug-likeness (QED) is 0.0751. The minimum atomic E-state index is -2.15. The van der Waals surface area contributed by atoms with Crippen molar-refractivity contribution in [3.8, 4) is 11.1 Å². The fourth-order valence-electron chi connectivity index (χ4n) is 4.35. The third-order valence-corrected chi connectivity index (χ3v) is 6.60. The van der Waals surface area contributed by atoms with Gasteiger partial charge in [0, 0.05) is 0 Å². The third-order valence-electron chi connectivity index (χ3n) is 6.60. The summed E-state index contributed by atoms with van der Waals surface area (Å²) in [6.45, 7) is 17.9.